The quantitative estimate of drug-likeness (QED) is 0.265. The molecule has 4 nitrogen and oxygen atoms in total. The maximum Gasteiger partial charge on any atom is 0.243 e. The van der Waals surface area contributed by atoms with Crippen LogP contribution in [0.25, 0.3) is 0 Å². The summed E-state index contributed by atoms with van der Waals surface area (Å²) in [7, 11) is 0. The molecule has 0 radical (unpaired) electrons. The highest BCUT2D eigenvalue weighted by Crippen LogP contribution is 2.26. The van der Waals surface area contributed by atoms with E-state index in [1.807, 2.05) is 48.5 Å². The Morgan fingerprint density at radius 3 is 2.37 bits per heavy atom. The summed E-state index contributed by atoms with van der Waals surface area (Å²) in [5.41, 5.74) is 4.26. The van der Waals surface area contributed by atoms with E-state index in [0.29, 0.717) is 16.5 Å². The van der Waals surface area contributed by atoms with Gasteiger partial charge in [0.2, 0.25) is 11.8 Å². The van der Waals surface area contributed by atoms with Gasteiger partial charge >= 0.3 is 0 Å². The lowest BCUT2D eigenvalue weighted by Gasteiger charge is -2.32. The van der Waals surface area contributed by atoms with E-state index < -0.39 is 6.04 Å². The first-order valence-corrected chi connectivity index (χ1v) is 15.0. The summed E-state index contributed by atoms with van der Waals surface area (Å²) in [6.45, 7) is 2.35. The van der Waals surface area contributed by atoms with Gasteiger partial charge in [0.05, 0.1) is 15.8 Å². The zero-order valence-corrected chi connectivity index (χ0v) is 24.0. The van der Waals surface area contributed by atoms with Crippen LogP contribution < -0.4 is 5.32 Å². The Morgan fingerprint density at radius 2 is 1.66 bits per heavy atom. The van der Waals surface area contributed by atoms with Crippen LogP contribution in [0.5, 0.6) is 0 Å². The fourth-order valence-electron chi connectivity index (χ4n) is 4.86. The van der Waals surface area contributed by atoms with Crippen molar-refractivity contribution in [3.05, 3.63) is 105 Å². The Labute approximate surface area is 240 Å². The molecule has 1 N–H and O–H groups in total. The predicted octanol–water partition coefficient (Wildman–Crippen LogP) is 7.23. The average molecular weight is 570 g/mol. The number of nitrogens with one attached hydrogen (secondary N) is 1. The largest absolute Gasteiger partial charge is 0.352 e. The molecule has 3 aromatic carbocycles. The molecular weight excluding hydrogens is 535 g/mol. The Kier molecular flexibility index (Phi) is 10.6. The SMILES string of the molecule is Cc1ccccc1CSCC(=O)N(Cc1ccc(Cl)c(Cl)c1)[C@H](Cc1ccccc1)C(=O)NC1CCCC1. The Hall–Kier alpha value is -2.47. The molecule has 38 heavy (non-hydrogen) atoms. The molecule has 0 bridgehead atoms. The van der Waals surface area contributed by atoms with Gasteiger partial charge in [-0.2, -0.15) is 0 Å². The second-order valence-corrected chi connectivity index (χ2v) is 11.7. The van der Waals surface area contributed by atoms with Crippen molar-refractivity contribution in [2.24, 2.45) is 0 Å². The normalized spacial score (nSPS) is 14.3. The molecule has 7 heteroatoms. The fourth-order valence-corrected chi connectivity index (χ4v) is 6.17. The minimum atomic E-state index is -0.640. The first kappa shape index (κ1) is 28.5. The average Bonchev–Trinajstić information content (AvgIpc) is 3.43. The fraction of sp³-hybridized carbons (Fsp3) is 0.355. The maximum absolute atomic E-state index is 13.8. The van der Waals surface area contributed by atoms with Gasteiger partial charge in [-0.15, -0.1) is 11.8 Å². The lowest BCUT2D eigenvalue weighted by molar-refractivity contribution is -0.139. The minimum absolute atomic E-state index is 0.0721. The van der Waals surface area contributed by atoms with Gasteiger partial charge in [0.1, 0.15) is 6.04 Å². The molecule has 4 rings (SSSR count). The van der Waals surface area contributed by atoms with Gasteiger partial charge in [0, 0.05) is 24.8 Å². The number of thioether (sulfide) groups is 1. The van der Waals surface area contributed by atoms with Crippen molar-refractivity contribution in [2.75, 3.05) is 5.75 Å². The van der Waals surface area contributed by atoms with E-state index in [4.69, 9.17) is 23.2 Å². The number of halogens is 2. The molecule has 1 aliphatic rings. The number of hydrogen-bond acceptors (Lipinski definition) is 3. The van der Waals surface area contributed by atoms with Gasteiger partial charge < -0.3 is 10.2 Å². The molecule has 0 saturated heterocycles. The van der Waals surface area contributed by atoms with Gasteiger partial charge in [0.15, 0.2) is 0 Å². The first-order chi connectivity index (χ1) is 18.4. The summed E-state index contributed by atoms with van der Waals surface area (Å²) >= 11 is 14.0. The highest BCUT2D eigenvalue weighted by Gasteiger charge is 2.32. The maximum atomic E-state index is 13.8. The van der Waals surface area contributed by atoms with Gasteiger partial charge in [-0.3, -0.25) is 9.59 Å². The first-order valence-electron chi connectivity index (χ1n) is 13.1. The second-order valence-electron chi connectivity index (χ2n) is 9.88. The molecule has 0 aliphatic heterocycles. The van der Waals surface area contributed by atoms with Crippen LogP contribution in [0.1, 0.15) is 47.9 Å². The van der Waals surface area contributed by atoms with Crippen molar-refractivity contribution in [2.45, 2.75) is 63.4 Å². The number of hydrogen-bond donors (Lipinski definition) is 1. The van der Waals surface area contributed by atoms with E-state index >= 15 is 0 Å². The van der Waals surface area contributed by atoms with Crippen molar-refractivity contribution in [1.82, 2.24) is 10.2 Å². The monoisotopic (exact) mass is 568 g/mol. The Bertz CT molecular complexity index is 1230. The highest BCUT2D eigenvalue weighted by molar-refractivity contribution is 7.99. The van der Waals surface area contributed by atoms with Crippen LogP contribution in [0.2, 0.25) is 10.0 Å². The van der Waals surface area contributed by atoms with E-state index in [2.05, 4.69) is 24.4 Å². The van der Waals surface area contributed by atoms with E-state index in [0.717, 1.165) is 42.6 Å². The molecular formula is C31H34Cl2N2O2S. The van der Waals surface area contributed by atoms with E-state index in [9.17, 15) is 9.59 Å². The molecule has 0 unspecified atom stereocenters. The summed E-state index contributed by atoms with van der Waals surface area (Å²) in [5.74, 6) is 0.837. The van der Waals surface area contributed by atoms with Crippen molar-refractivity contribution >= 4 is 46.8 Å². The summed E-state index contributed by atoms with van der Waals surface area (Å²) in [6, 6.07) is 23.0. The third-order valence-corrected chi connectivity index (χ3v) is 8.76. The molecule has 1 saturated carbocycles. The van der Waals surface area contributed by atoms with Crippen molar-refractivity contribution < 1.29 is 9.59 Å². The van der Waals surface area contributed by atoms with Crippen LogP contribution in [0.15, 0.2) is 72.8 Å². The molecule has 200 valence electrons. The number of benzene rings is 3. The Balaban J connectivity index is 1.59. The van der Waals surface area contributed by atoms with Crippen molar-refractivity contribution in [3.63, 3.8) is 0 Å². The molecule has 1 fully saturated rings. The highest BCUT2D eigenvalue weighted by atomic mass is 35.5. The van der Waals surface area contributed by atoms with E-state index in [1.165, 1.54) is 11.1 Å². The van der Waals surface area contributed by atoms with Crippen molar-refractivity contribution in [1.29, 1.82) is 0 Å². The number of rotatable bonds is 11. The molecule has 0 spiro atoms. The molecule has 0 aromatic heterocycles. The smallest absolute Gasteiger partial charge is 0.243 e. The Morgan fingerprint density at radius 1 is 0.947 bits per heavy atom. The van der Waals surface area contributed by atoms with Gasteiger partial charge in [-0.25, -0.2) is 0 Å². The number of amides is 2. The summed E-state index contributed by atoms with van der Waals surface area (Å²) < 4.78 is 0. The second kappa shape index (κ2) is 14.1. The third kappa shape index (κ3) is 8.02. The lowest BCUT2D eigenvalue weighted by atomic mass is 10.0. The number of carbonyl (C=O) groups is 2. The third-order valence-electron chi connectivity index (χ3n) is 7.05. The summed E-state index contributed by atoms with van der Waals surface area (Å²) in [5, 5.41) is 4.13. The van der Waals surface area contributed by atoms with Crippen molar-refractivity contribution in [3.8, 4) is 0 Å². The molecule has 1 atom stereocenters. The topological polar surface area (TPSA) is 49.4 Å². The van der Waals surface area contributed by atoms with Crippen LogP contribution in [0.3, 0.4) is 0 Å². The standard InChI is InChI=1S/C31H34Cl2N2O2S/c1-22-9-5-6-12-25(22)20-38-21-30(36)35(19-24-15-16-27(32)28(33)17-24)29(18-23-10-3-2-4-11-23)31(37)34-26-13-7-8-14-26/h2-6,9-12,15-17,26,29H,7-8,13-14,18-21H2,1H3,(H,34,37)/t29-/m1/s1. The molecule has 0 heterocycles. The van der Waals surface area contributed by atoms with Gasteiger partial charge in [-0.1, -0.05) is 96.7 Å². The molecule has 2 amide bonds. The number of carbonyl (C=O) groups excluding carboxylic acids is 2. The van der Waals surface area contributed by atoms with E-state index in [1.54, 1.807) is 28.8 Å². The minimum Gasteiger partial charge on any atom is -0.352 e. The van der Waals surface area contributed by atoms with Crippen LogP contribution in [-0.4, -0.2) is 34.6 Å². The summed E-state index contributed by atoms with van der Waals surface area (Å²) in [4.78, 5) is 29.3. The van der Waals surface area contributed by atoms with Crippen LogP contribution in [0, 0.1) is 6.92 Å². The van der Waals surface area contributed by atoms with Gasteiger partial charge in [-0.05, 0) is 54.2 Å². The lowest BCUT2D eigenvalue weighted by Crippen LogP contribution is -2.52. The number of nitrogens with zero attached hydrogens (tertiary/aromatic N) is 1. The zero-order chi connectivity index (χ0) is 26.9. The molecule has 1 aliphatic carbocycles. The van der Waals surface area contributed by atoms with Crippen LogP contribution in [0.4, 0.5) is 0 Å². The van der Waals surface area contributed by atoms with Gasteiger partial charge in [0.25, 0.3) is 0 Å². The van der Waals surface area contributed by atoms with Crippen LogP contribution in [-0.2, 0) is 28.3 Å². The van der Waals surface area contributed by atoms with Crippen LogP contribution >= 0.6 is 35.0 Å². The zero-order valence-electron chi connectivity index (χ0n) is 21.7. The molecule has 3 aromatic rings. The van der Waals surface area contributed by atoms with E-state index in [-0.39, 0.29) is 30.2 Å². The summed E-state index contributed by atoms with van der Waals surface area (Å²) in [6.07, 6.45) is 4.65. The predicted molar refractivity (Wildman–Crippen MR) is 159 cm³/mol. The number of aryl methyl sites for hydroxylation is 1.